The molecule has 15 heavy (non-hydrogen) atoms. The Balaban J connectivity index is 2.82. The number of benzene rings is 1. The molecule has 0 spiro atoms. The van der Waals surface area contributed by atoms with Crippen LogP contribution in [0.15, 0.2) is 18.2 Å². The Kier molecular flexibility index (Phi) is 4.16. The number of carbonyl (C=O) groups is 1. The number of aryl methyl sites for hydroxylation is 1. The fourth-order valence-electron chi connectivity index (χ4n) is 1.56. The van der Waals surface area contributed by atoms with E-state index in [4.69, 9.17) is 5.11 Å². The molecule has 3 heteroatoms. The first-order chi connectivity index (χ1) is 7.15. The van der Waals surface area contributed by atoms with Gasteiger partial charge in [-0.15, -0.1) is 0 Å². The van der Waals surface area contributed by atoms with Gasteiger partial charge in [-0.25, -0.2) is 4.79 Å². The minimum atomic E-state index is -0.929. The average Bonchev–Trinajstić information content (AvgIpc) is 2.18. The van der Waals surface area contributed by atoms with Crippen LogP contribution >= 0.6 is 0 Å². The fourth-order valence-corrected chi connectivity index (χ4v) is 1.56. The summed E-state index contributed by atoms with van der Waals surface area (Å²) in [6, 6.07) is 4.41. The van der Waals surface area contributed by atoms with Gasteiger partial charge in [-0.2, -0.15) is 0 Å². The number of hydrogen-bond donors (Lipinski definition) is 2. The number of hydrogen-bond acceptors (Lipinski definition) is 2. The third-order valence-electron chi connectivity index (χ3n) is 2.37. The van der Waals surface area contributed by atoms with Crippen LogP contribution in [0, 0.1) is 0 Å². The minimum Gasteiger partial charge on any atom is -0.508 e. The number of unbranched alkanes of at least 4 members (excludes halogenated alkanes) is 2. The SMILES string of the molecule is CCCCCc1cc(O)ccc1C(=O)O. The lowest BCUT2D eigenvalue weighted by Crippen LogP contribution is -2.02. The van der Waals surface area contributed by atoms with Crippen LogP contribution in [0.5, 0.6) is 5.75 Å². The number of carboxylic acids is 1. The topological polar surface area (TPSA) is 57.5 Å². The number of aromatic hydroxyl groups is 1. The fraction of sp³-hybridized carbons (Fsp3) is 0.417. The summed E-state index contributed by atoms with van der Waals surface area (Å²) in [5, 5.41) is 18.2. The maximum absolute atomic E-state index is 10.9. The normalized spacial score (nSPS) is 10.2. The molecule has 3 nitrogen and oxygen atoms in total. The third-order valence-corrected chi connectivity index (χ3v) is 2.37. The second-order valence-corrected chi connectivity index (χ2v) is 3.60. The molecule has 1 aromatic carbocycles. The smallest absolute Gasteiger partial charge is 0.335 e. The van der Waals surface area contributed by atoms with Gasteiger partial charge in [-0.1, -0.05) is 19.8 Å². The lowest BCUT2D eigenvalue weighted by Gasteiger charge is -2.06. The Morgan fingerprint density at radius 1 is 1.33 bits per heavy atom. The van der Waals surface area contributed by atoms with E-state index < -0.39 is 5.97 Å². The monoisotopic (exact) mass is 208 g/mol. The van der Waals surface area contributed by atoms with Gasteiger partial charge in [0.15, 0.2) is 0 Å². The largest absolute Gasteiger partial charge is 0.508 e. The lowest BCUT2D eigenvalue weighted by atomic mass is 10.0. The lowest BCUT2D eigenvalue weighted by molar-refractivity contribution is 0.0695. The Morgan fingerprint density at radius 2 is 2.07 bits per heavy atom. The minimum absolute atomic E-state index is 0.131. The highest BCUT2D eigenvalue weighted by atomic mass is 16.4. The molecule has 0 aliphatic rings. The molecular weight excluding hydrogens is 192 g/mol. The van der Waals surface area contributed by atoms with Crippen LogP contribution in [0.1, 0.15) is 42.1 Å². The first kappa shape index (κ1) is 11.6. The van der Waals surface area contributed by atoms with Crippen LogP contribution in [0.2, 0.25) is 0 Å². The molecular formula is C12H16O3. The van der Waals surface area contributed by atoms with Crippen LogP contribution in [0.4, 0.5) is 0 Å². The van der Waals surface area contributed by atoms with E-state index in [1.165, 1.54) is 12.1 Å². The van der Waals surface area contributed by atoms with Gasteiger partial charge in [0.2, 0.25) is 0 Å². The average molecular weight is 208 g/mol. The second-order valence-electron chi connectivity index (χ2n) is 3.60. The van der Waals surface area contributed by atoms with E-state index in [9.17, 15) is 9.90 Å². The zero-order valence-electron chi connectivity index (χ0n) is 8.86. The van der Waals surface area contributed by atoms with E-state index in [2.05, 4.69) is 6.92 Å². The van der Waals surface area contributed by atoms with Crippen molar-refractivity contribution in [2.75, 3.05) is 0 Å². The summed E-state index contributed by atoms with van der Waals surface area (Å²) < 4.78 is 0. The van der Waals surface area contributed by atoms with E-state index in [1.807, 2.05) is 0 Å². The first-order valence-electron chi connectivity index (χ1n) is 5.20. The number of carboxylic acid groups (broad SMARTS) is 1. The van der Waals surface area contributed by atoms with Gasteiger partial charge < -0.3 is 10.2 Å². The highest BCUT2D eigenvalue weighted by molar-refractivity contribution is 5.89. The third kappa shape index (κ3) is 3.27. The molecule has 0 aliphatic heterocycles. The molecule has 1 aromatic rings. The summed E-state index contributed by atoms with van der Waals surface area (Å²) in [5.74, 6) is -0.798. The van der Waals surface area contributed by atoms with Crippen LogP contribution in [-0.4, -0.2) is 16.2 Å². The van der Waals surface area contributed by atoms with Gasteiger partial charge in [-0.05, 0) is 36.6 Å². The molecule has 0 aromatic heterocycles. The Labute approximate surface area is 89.4 Å². The van der Waals surface area contributed by atoms with Gasteiger partial charge >= 0.3 is 5.97 Å². The zero-order chi connectivity index (χ0) is 11.3. The first-order valence-corrected chi connectivity index (χ1v) is 5.20. The van der Waals surface area contributed by atoms with Crippen molar-refractivity contribution in [3.05, 3.63) is 29.3 Å². The molecule has 82 valence electrons. The number of phenolic OH excluding ortho intramolecular Hbond substituents is 1. The number of aromatic carboxylic acids is 1. The van der Waals surface area contributed by atoms with Crippen molar-refractivity contribution in [2.24, 2.45) is 0 Å². The standard InChI is InChI=1S/C12H16O3/c1-2-3-4-5-9-8-10(13)6-7-11(9)12(14)15/h6-8,13H,2-5H2,1H3,(H,14,15). The van der Waals surface area contributed by atoms with E-state index >= 15 is 0 Å². The van der Waals surface area contributed by atoms with Crippen molar-refractivity contribution in [3.8, 4) is 5.75 Å². The van der Waals surface area contributed by atoms with Crippen molar-refractivity contribution >= 4 is 5.97 Å². The molecule has 0 amide bonds. The maximum atomic E-state index is 10.9. The summed E-state index contributed by atoms with van der Waals surface area (Å²) in [5.41, 5.74) is 1.01. The Bertz CT molecular complexity index is 345. The molecule has 0 saturated heterocycles. The summed E-state index contributed by atoms with van der Waals surface area (Å²) in [6.07, 6.45) is 3.85. The number of phenols is 1. The number of rotatable bonds is 5. The van der Waals surface area contributed by atoms with E-state index in [0.717, 1.165) is 24.8 Å². The highest BCUT2D eigenvalue weighted by Crippen LogP contribution is 2.19. The molecule has 1 rings (SSSR count). The Morgan fingerprint density at radius 3 is 2.67 bits per heavy atom. The quantitative estimate of drug-likeness (QED) is 0.731. The highest BCUT2D eigenvalue weighted by Gasteiger charge is 2.09. The summed E-state index contributed by atoms with van der Waals surface area (Å²) in [4.78, 5) is 10.9. The van der Waals surface area contributed by atoms with Crippen molar-refractivity contribution in [1.82, 2.24) is 0 Å². The second kappa shape index (κ2) is 5.39. The van der Waals surface area contributed by atoms with Gasteiger partial charge in [0.25, 0.3) is 0 Å². The van der Waals surface area contributed by atoms with Crippen molar-refractivity contribution in [3.63, 3.8) is 0 Å². The molecule has 2 N–H and O–H groups in total. The molecule has 0 heterocycles. The summed E-state index contributed by atoms with van der Waals surface area (Å²) in [7, 11) is 0. The van der Waals surface area contributed by atoms with Crippen LogP contribution in [-0.2, 0) is 6.42 Å². The van der Waals surface area contributed by atoms with Crippen LogP contribution in [0.3, 0.4) is 0 Å². The van der Waals surface area contributed by atoms with Crippen molar-refractivity contribution < 1.29 is 15.0 Å². The van der Waals surface area contributed by atoms with E-state index in [-0.39, 0.29) is 5.75 Å². The predicted molar refractivity (Wildman–Crippen MR) is 58.3 cm³/mol. The van der Waals surface area contributed by atoms with E-state index in [0.29, 0.717) is 12.0 Å². The molecule has 0 radical (unpaired) electrons. The zero-order valence-corrected chi connectivity index (χ0v) is 8.86. The summed E-state index contributed by atoms with van der Waals surface area (Å²) >= 11 is 0. The van der Waals surface area contributed by atoms with Gasteiger partial charge in [0.05, 0.1) is 5.56 Å². The molecule has 0 unspecified atom stereocenters. The van der Waals surface area contributed by atoms with E-state index in [1.54, 1.807) is 6.07 Å². The van der Waals surface area contributed by atoms with Crippen LogP contribution < -0.4 is 0 Å². The predicted octanol–water partition coefficient (Wildman–Crippen LogP) is 2.82. The summed E-state index contributed by atoms with van der Waals surface area (Å²) in [6.45, 7) is 2.10. The molecule has 0 atom stereocenters. The van der Waals surface area contributed by atoms with Gasteiger partial charge in [0, 0.05) is 0 Å². The molecule has 0 aliphatic carbocycles. The maximum Gasteiger partial charge on any atom is 0.335 e. The Hall–Kier alpha value is -1.51. The van der Waals surface area contributed by atoms with Crippen LogP contribution in [0.25, 0.3) is 0 Å². The van der Waals surface area contributed by atoms with Gasteiger partial charge in [-0.3, -0.25) is 0 Å². The molecule has 0 fully saturated rings. The van der Waals surface area contributed by atoms with Crippen molar-refractivity contribution in [2.45, 2.75) is 32.6 Å². The van der Waals surface area contributed by atoms with Crippen molar-refractivity contribution in [1.29, 1.82) is 0 Å². The molecule has 0 bridgehead atoms. The molecule has 0 saturated carbocycles. The van der Waals surface area contributed by atoms with Gasteiger partial charge in [0.1, 0.15) is 5.75 Å².